The number of imide groups is 1. The summed E-state index contributed by atoms with van der Waals surface area (Å²) >= 11 is 0. The van der Waals surface area contributed by atoms with Crippen molar-refractivity contribution >= 4 is 23.4 Å². The Bertz CT molecular complexity index is 1250. The molecule has 3 heterocycles. The fourth-order valence-electron chi connectivity index (χ4n) is 5.30. The first-order valence-corrected chi connectivity index (χ1v) is 12.3. The summed E-state index contributed by atoms with van der Waals surface area (Å²) in [6.07, 6.45) is 0.240. The normalized spacial score (nSPS) is 27.0. The van der Waals surface area contributed by atoms with Crippen LogP contribution < -0.4 is 10.6 Å². The molecule has 3 amide bonds. The number of morpholine rings is 1. The van der Waals surface area contributed by atoms with Gasteiger partial charge >= 0.3 is 0 Å². The summed E-state index contributed by atoms with van der Waals surface area (Å²) in [5, 5.41) is 5.43. The predicted molar refractivity (Wildman–Crippen MR) is 131 cm³/mol. The van der Waals surface area contributed by atoms with Crippen LogP contribution >= 0.6 is 0 Å². The number of anilines is 1. The topological polar surface area (TPSA) is 91.0 Å². The average molecular weight is 496 g/mol. The zero-order valence-electron chi connectivity index (χ0n) is 21.5. The minimum atomic E-state index is -1.85. The Kier molecular flexibility index (Phi) is 6.41. The number of rotatable bonds is 6. The maximum atomic E-state index is 14.7. The molecule has 0 bridgehead atoms. The van der Waals surface area contributed by atoms with Crippen LogP contribution in [0.1, 0.15) is 55.1 Å². The van der Waals surface area contributed by atoms with Gasteiger partial charge in [0.25, 0.3) is 5.91 Å². The summed E-state index contributed by atoms with van der Waals surface area (Å²) in [6, 6.07) is 8.46. The van der Waals surface area contributed by atoms with Gasteiger partial charge in [-0.15, -0.1) is 0 Å². The molecule has 2 N–H and O–H groups in total. The minimum absolute atomic E-state index is 0.00162. The second-order valence-corrected chi connectivity index (χ2v) is 9.78. The second-order valence-electron chi connectivity index (χ2n) is 9.78. The van der Waals surface area contributed by atoms with Crippen LogP contribution in [-0.2, 0) is 34.0 Å². The van der Waals surface area contributed by atoms with E-state index in [-0.39, 0.29) is 44.0 Å². The Balaban J connectivity index is 1.31. The molecule has 3 unspecified atom stereocenters. The van der Waals surface area contributed by atoms with Crippen molar-refractivity contribution in [3.05, 3.63) is 64.5 Å². The number of hydrogen-bond acceptors (Lipinski definition) is 6. The molecule has 2 saturated heterocycles. The summed E-state index contributed by atoms with van der Waals surface area (Å²) in [6.45, 7) is 6.70. The molecule has 190 valence electrons. The summed E-state index contributed by atoms with van der Waals surface area (Å²) in [5.41, 5.74) is 3.20. The number of hydrogen-bond donors (Lipinski definition) is 2. The number of fused-ring (bicyclic) bond motifs is 1. The highest BCUT2D eigenvalue weighted by molar-refractivity contribution is 6.06. The molecule has 0 aliphatic carbocycles. The SMILES string of the molecule is [2H]C1(N2Cc3c(NCc4cc(CN5CC(C)OC(C)C5)ccc4F)cccc3C2=O)CCC(=O)NC1=O. The summed E-state index contributed by atoms with van der Waals surface area (Å²) < 4.78 is 29.2. The van der Waals surface area contributed by atoms with Gasteiger partial charge in [0.05, 0.1) is 13.6 Å². The first-order chi connectivity index (χ1) is 17.6. The fraction of sp³-hybridized carbons (Fsp3) is 0.444. The largest absolute Gasteiger partial charge is 0.381 e. The van der Waals surface area contributed by atoms with Crippen molar-refractivity contribution in [2.75, 3.05) is 18.4 Å². The van der Waals surface area contributed by atoms with Gasteiger partial charge in [-0.3, -0.25) is 24.6 Å². The van der Waals surface area contributed by atoms with Crippen LogP contribution in [0.5, 0.6) is 0 Å². The number of amides is 3. The molecule has 5 rings (SSSR count). The minimum Gasteiger partial charge on any atom is -0.381 e. The maximum absolute atomic E-state index is 14.7. The van der Waals surface area contributed by atoms with E-state index in [4.69, 9.17) is 6.11 Å². The second kappa shape index (κ2) is 9.99. The third-order valence-corrected chi connectivity index (χ3v) is 6.88. The van der Waals surface area contributed by atoms with Gasteiger partial charge in [-0.1, -0.05) is 12.1 Å². The van der Waals surface area contributed by atoms with E-state index in [1.165, 1.54) is 11.0 Å². The molecule has 9 heteroatoms. The van der Waals surface area contributed by atoms with Crippen LogP contribution in [0.4, 0.5) is 10.1 Å². The standard InChI is InChI=1S/C27H31FN4O4/c1-16-12-31(13-17(2)36-16)14-18-6-7-22(28)19(10-18)11-29-23-5-3-4-20-21(23)15-32(27(20)35)24-8-9-25(33)30-26(24)34/h3-7,10,16-17,24,29H,8-9,11-15H2,1-2H3,(H,30,33,34)/i24D. The van der Waals surface area contributed by atoms with Crippen molar-refractivity contribution in [1.82, 2.24) is 15.1 Å². The summed E-state index contributed by atoms with van der Waals surface area (Å²) in [4.78, 5) is 40.7. The van der Waals surface area contributed by atoms with Crippen LogP contribution in [-0.4, -0.2) is 58.8 Å². The molecular weight excluding hydrogens is 463 g/mol. The highest BCUT2D eigenvalue weighted by Crippen LogP contribution is 2.32. The van der Waals surface area contributed by atoms with E-state index in [9.17, 15) is 18.8 Å². The number of ether oxygens (including phenoxy) is 1. The Morgan fingerprint density at radius 1 is 1.17 bits per heavy atom. The van der Waals surface area contributed by atoms with Crippen molar-refractivity contribution in [3.8, 4) is 0 Å². The van der Waals surface area contributed by atoms with Gasteiger partial charge < -0.3 is 15.0 Å². The van der Waals surface area contributed by atoms with E-state index in [1.54, 1.807) is 24.3 Å². The average Bonchev–Trinajstić information content (AvgIpc) is 3.19. The maximum Gasteiger partial charge on any atom is 0.255 e. The van der Waals surface area contributed by atoms with Gasteiger partial charge in [0.2, 0.25) is 11.8 Å². The molecule has 0 spiro atoms. The fourth-order valence-corrected chi connectivity index (χ4v) is 5.30. The van der Waals surface area contributed by atoms with Gasteiger partial charge in [0.15, 0.2) is 0 Å². The molecular formula is C27H31FN4O4. The van der Waals surface area contributed by atoms with Crippen LogP contribution in [0.15, 0.2) is 36.4 Å². The monoisotopic (exact) mass is 495 g/mol. The van der Waals surface area contributed by atoms with Gasteiger partial charge in [-0.25, -0.2) is 4.39 Å². The quantitative estimate of drug-likeness (QED) is 0.599. The molecule has 8 nitrogen and oxygen atoms in total. The lowest BCUT2D eigenvalue weighted by molar-refractivity contribution is -0.136. The molecule has 36 heavy (non-hydrogen) atoms. The molecule has 0 radical (unpaired) electrons. The van der Waals surface area contributed by atoms with Gasteiger partial charge in [-0.05, 0) is 50.1 Å². The van der Waals surface area contributed by atoms with E-state index in [0.717, 1.165) is 18.7 Å². The lowest BCUT2D eigenvalue weighted by atomic mass is 10.0. The number of piperidine rings is 1. The van der Waals surface area contributed by atoms with Gasteiger partial charge in [0.1, 0.15) is 11.8 Å². The number of nitrogens with zero attached hydrogens (tertiary/aromatic N) is 2. The Morgan fingerprint density at radius 3 is 2.69 bits per heavy atom. The van der Waals surface area contributed by atoms with Crippen LogP contribution in [0.25, 0.3) is 0 Å². The van der Waals surface area contributed by atoms with Gasteiger partial charge in [-0.2, -0.15) is 0 Å². The van der Waals surface area contributed by atoms with E-state index < -0.39 is 23.7 Å². The van der Waals surface area contributed by atoms with Gasteiger partial charge in [0, 0.05) is 61.5 Å². The molecule has 3 aliphatic heterocycles. The highest BCUT2D eigenvalue weighted by Gasteiger charge is 2.39. The van der Waals surface area contributed by atoms with Crippen LogP contribution in [0.2, 0.25) is 0 Å². The van der Waals surface area contributed by atoms with Crippen molar-refractivity contribution in [2.24, 2.45) is 0 Å². The van der Waals surface area contributed by atoms with Crippen molar-refractivity contribution < 1.29 is 24.9 Å². The Labute approximate surface area is 211 Å². The number of carbonyl (C=O) groups excluding carboxylic acids is 3. The Hall–Kier alpha value is -3.30. The zero-order valence-corrected chi connectivity index (χ0v) is 20.5. The van der Waals surface area contributed by atoms with E-state index >= 15 is 0 Å². The third kappa shape index (κ3) is 4.99. The molecule has 3 atom stereocenters. The smallest absolute Gasteiger partial charge is 0.255 e. The van der Waals surface area contributed by atoms with Crippen molar-refractivity contribution in [2.45, 2.75) is 64.5 Å². The van der Waals surface area contributed by atoms with E-state index in [0.29, 0.717) is 28.9 Å². The summed E-state index contributed by atoms with van der Waals surface area (Å²) in [5.74, 6) is -1.98. The lowest BCUT2D eigenvalue weighted by Crippen LogP contribution is -2.52. The lowest BCUT2D eigenvalue weighted by Gasteiger charge is -2.35. The Morgan fingerprint density at radius 2 is 1.94 bits per heavy atom. The molecule has 3 aliphatic rings. The molecule has 0 aromatic heterocycles. The van der Waals surface area contributed by atoms with Crippen LogP contribution in [0.3, 0.4) is 0 Å². The predicted octanol–water partition coefficient (Wildman–Crippen LogP) is 2.81. The number of carbonyl (C=O) groups is 3. The van der Waals surface area contributed by atoms with Crippen molar-refractivity contribution in [3.63, 3.8) is 0 Å². The molecule has 2 aromatic carbocycles. The molecule has 2 aromatic rings. The van der Waals surface area contributed by atoms with Crippen molar-refractivity contribution in [1.29, 1.82) is 0 Å². The first-order valence-electron chi connectivity index (χ1n) is 12.8. The number of nitrogens with one attached hydrogen (secondary N) is 2. The summed E-state index contributed by atoms with van der Waals surface area (Å²) in [7, 11) is 0. The first kappa shape index (κ1) is 23.1. The van der Waals surface area contributed by atoms with Crippen LogP contribution in [0, 0.1) is 5.82 Å². The molecule has 0 saturated carbocycles. The third-order valence-electron chi connectivity index (χ3n) is 6.88. The highest BCUT2D eigenvalue weighted by atomic mass is 19.1. The van der Waals surface area contributed by atoms with E-state index in [1.807, 2.05) is 6.07 Å². The number of halogens is 1. The zero-order chi connectivity index (χ0) is 26.3. The number of benzene rings is 2. The molecule has 2 fully saturated rings. The van der Waals surface area contributed by atoms with E-state index in [2.05, 4.69) is 29.4 Å².